The fourth-order valence-electron chi connectivity index (χ4n) is 3.97. The second kappa shape index (κ2) is 8.84. The van der Waals surface area contributed by atoms with Gasteiger partial charge in [-0.15, -0.1) is 0 Å². The smallest absolute Gasteiger partial charge is 0.145 e. The molecule has 6 heteroatoms. The van der Waals surface area contributed by atoms with Crippen LogP contribution in [0.15, 0.2) is 36.4 Å². The largest absolute Gasteiger partial charge is 0.492 e. The number of unbranched alkanes of at least 4 members (excludes halogenated alkanes) is 1. The van der Waals surface area contributed by atoms with Crippen molar-refractivity contribution in [3.8, 4) is 17.0 Å². The molecule has 0 saturated carbocycles. The van der Waals surface area contributed by atoms with Gasteiger partial charge in [0.05, 0.1) is 27.9 Å². The van der Waals surface area contributed by atoms with Crippen molar-refractivity contribution in [3.63, 3.8) is 0 Å². The molecule has 156 valence electrons. The van der Waals surface area contributed by atoms with Crippen LogP contribution in [-0.2, 0) is 6.42 Å². The molecule has 2 aromatic carbocycles. The van der Waals surface area contributed by atoms with Crippen molar-refractivity contribution in [3.05, 3.63) is 57.7 Å². The standard InChI is InChI=1S/C24H25Cl2N3O/c1-3-30-20-12-10-16(17-8-7-14(2)28-23(17)20)22-15(6-4-5-13-27)18-9-11-19(25)21(26)24(18)29-22/h7-12,29H,3-6,13,27H2,1-2H3. The first-order valence-corrected chi connectivity index (χ1v) is 11.0. The van der Waals surface area contributed by atoms with E-state index in [0.717, 1.165) is 63.8 Å². The number of H-pyrrole nitrogens is 1. The van der Waals surface area contributed by atoms with Crippen LogP contribution in [0.1, 0.15) is 31.0 Å². The number of hydrogen-bond donors (Lipinski definition) is 2. The normalized spacial score (nSPS) is 11.5. The van der Waals surface area contributed by atoms with E-state index in [1.54, 1.807) is 0 Å². The van der Waals surface area contributed by atoms with Crippen LogP contribution in [-0.4, -0.2) is 23.1 Å². The zero-order valence-electron chi connectivity index (χ0n) is 17.2. The molecule has 4 aromatic rings. The van der Waals surface area contributed by atoms with Crippen LogP contribution in [0, 0.1) is 6.92 Å². The second-order valence-corrected chi connectivity index (χ2v) is 8.19. The molecule has 3 N–H and O–H groups in total. The van der Waals surface area contributed by atoms with Crippen LogP contribution < -0.4 is 10.5 Å². The molecule has 4 nitrogen and oxygen atoms in total. The first-order valence-electron chi connectivity index (χ1n) is 10.3. The highest BCUT2D eigenvalue weighted by Crippen LogP contribution is 2.41. The van der Waals surface area contributed by atoms with Crippen LogP contribution in [0.3, 0.4) is 0 Å². The van der Waals surface area contributed by atoms with Crippen LogP contribution >= 0.6 is 23.2 Å². The maximum Gasteiger partial charge on any atom is 0.145 e. The number of aryl methyl sites for hydroxylation is 2. The molecule has 0 spiro atoms. The molecule has 4 rings (SSSR count). The molecule has 0 fully saturated rings. The number of aromatic amines is 1. The number of nitrogens with one attached hydrogen (secondary N) is 1. The van der Waals surface area contributed by atoms with Crippen molar-refractivity contribution in [2.45, 2.75) is 33.1 Å². The van der Waals surface area contributed by atoms with Crippen LogP contribution in [0.5, 0.6) is 5.75 Å². The second-order valence-electron chi connectivity index (χ2n) is 7.40. The minimum Gasteiger partial charge on any atom is -0.492 e. The zero-order chi connectivity index (χ0) is 21.3. The lowest BCUT2D eigenvalue weighted by Gasteiger charge is -2.12. The average molecular weight is 442 g/mol. The van der Waals surface area contributed by atoms with E-state index in [0.29, 0.717) is 23.2 Å². The molecule has 2 heterocycles. The highest BCUT2D eigenvalue weighted by molar-refractivity contribution is 6.45. The van der Waals surface area contributed by atoms with Crippen molar-refractivity contribution in [1.29, 1.82) is 0 Å². The summed E-state index contributed by atoms with van der Waals surface area (Å²) in [5.74, 6) is 0.793. The number of pyridine rings is 1. The molecule has 2 aromatic heterocycles. The first kappa shape index (κ1) is 21.0. The fraction of sp³-hybridized carbons (Fsp3) is 0.292. The van der Waals surface area contributed by atoms with Gasteiger partial charge in [0.25, 0.3) is 0 Å². The Hall–Kier alpha value is -2.27. The van der Waals surface area contributed by atoms with Crippen LogP contribution in [0.4, 0.5) is 0 Å². The third kappa shape index (κ3) is 3.76. The summed E-state index contributed by atoms with van der Waals surface area (Å²) in [5.41, 5.74) is 11.8. The van der Waals surface area contributed by atoms with E-state index in [-0.39, 0.29) is 0 Å². The Balaban J connectivity index is 1.98. The summed E-state index contributed by atoms with van der Waals surface area (Å²) in [6.07, 6.45) is 2.87. The van der Waals surface area contributed by atoms with E-state index in [2.05, 4.69) is 17.1 Å². The summed E-state index contributed by atoms with van der Waals surface area (Å²) in [7, 11) is 0. The summed E-state index contributed by atoms with van der Waals surface area (Å²) < 4.78 is 5.84. The predicted octanol–water partition coefficient (Wildman–Crippen LogP) is 6.68. The fourth-order valence-corrected chi connectivity index (χ4v) is 4.34. The Bertz CT molecular complexity index is 1220. The van der Waals surface area contributed by atoms with Gasteiger partial charge in [-0.05, 0) is 69.5 Å². The van der Waals surface area contributed by atoms with Gasteiger partial charge in [0.2, 0.25) is 0 Å². The van der Waals surface area contributed by atoms with Gasteiger partial charge in [0.1, 0.15) is 11.3 Å². The van der Waals surface area contributed by atoms with E-state index in [4.69, 9.17) is 38.7 Å². The topological polar surface area (TPSA) is 63.9 Å². The van der Waals surface area contributed by atoms with Gasteiger partial charge in [-0.2, -0.15) is 0 Å². The summed E-state index contributed by atoms with van der Waals surface area (Å²) >= 11 is 12.8. The number of benzene rings is 2. The van der Waals surface area contributed by atoms with E-state index in [1.165, 1.54) is 5.56 Å². The molecule has 0 aliphatic rings. The molecule has 0 bridgehead atoms. The predicted molar refractivity (Wildman–Crippen MR) is 127 cm³/mol. The van der Waals surface area contributed by atoms with E-state index in [1.807, 2.05) is 38.1 Å². The lowest BCUT2D eigenvalue weighted by Crippen LogP contribution is -2.00. The average Bonchev–Trinajstić information content (AvgIpc) is 3.10. The number of rotatable bonds is 7. The van der Waals surface area contributed by atoms with Crippen molar-refractivity contribution >= 4 is 45.0 Å². The summed E-state index contributed by atoms with van der Waals surface area (Å²) in [6.45, 7) is 5.24. The third-order valence-electron chi connectivity index (χ3n) is 5.38. The van der Waals surface area contributed by atoms with Crippen molar-refractivity contribution < 1.29 is 4.74 Å². The summed E-state index contributed by atoms with van der Waals surface area (Å²) in [6, 6.07) is 12.1. The Kier molecular flexibility index (Phi) is 6.19. The van der Waals surface area contributed by atoms with Crippen molar-refractivity contribution in [1.82, 2.24) is 9.97 Å². The highest BCUT2D eigenvalue weighted by atomic mass is 35.5. The number of fused-ring (bicyclic) bond motifs is 2. The van der Waals surface area contributed by atoms with Crippen molar-refractivity contribution in [2.24, 2.45) is 5.73 Å². The molecule has 30 heavy (non-hydrogen) atoms. The number of aromatic nitrogens is 2. The Labute approximate surface area is 186 Å². The first-order chi connectivity index (χ1) is 14.5. The van der Waals surface area contributed by atoms with Crippen molar-refractivity contribution in [2.75, 3.05) is 13.2 Å². The Morgan fingerprint density at radius 3 is 2.60 bits per heavy atom. The van der Waals surface area contributed by atoms with Crippen LogP contribution in [0.25, 0.3) is 33.1 Å². The number of halogens is 2. The summed E-state index contributed by atoms with van der Waals surface area (Å²) in [4.78, 5) is 8.33. The molecule has 0 amide bonds. The SMILES string of the molecule is CCOc1ccc(-c2[nH]c3c(Cl)c(Cl)ccc3c2CCCCN)c2ccc(C)nc12. The summed E-state index contributed by atoms with van der Waals surface area (Å²) in [5, 5.41) is 3.22. The lowest BCUT2D eigenvalue weighted by atomic mass is 9.97. The van der Waals surface area contributed by atoms with Gasteiger partial charge in [0, 0.05) is 22.0 Å². The molecule has 0 unspecified atom stereocenters. The molecular formula is C24H25Cl2N3O. The minimum absolute atomic E-state index is 0.541. The van der Waals surface area contributed by atoms with Crippen LogP contribution in [0.2, 0.25) is 10.0 Å². The number of nitrogens with zero attached hydrogens (tertiary/aromatic N) is 1. The maximum absolute atomic E-state index is 6.55. The zero-order valence-corrected chi connectivity index (χ0v) is 18.7. The molecule has 0 saturated heterocycles. The number of hydrogen-bond acceptors (Lipinski definition) is 3. The lowest BCUT2D eigenvalue weighted by molar-refractivity contribution is 0.343. The molecule has 0 aliphatic carbocycles. The quantitative estimate of drug-likeness (QED) is 0.314. The van der Waals surface area contributed by atoms with Gasteiger partial charge in [-0.3, -0.25) is 0 Å². The van der Waals surface area contributed by atoms with E-state index in [9.17, 15) is 0 Å². The van der Waals surface area contributed by atoms with Gasteiger partial charge in [-0.1, -0.05) is 35.3 Å². The Morgan fingerprint density at radius 1 is 1.03 bits per heavy atom. The van der Waals surface area contributed by atoms with Gasteiger partial charge >= 0.3 is 0 Å². The van der Waals surface area contributed by atoms with E-state index >= 15 is 0 Å². The monoisotopic (exact) mass is 441 g/mol. The Morgan fingerprint density at radius 2 is 1.83 bits per heavy atom. The van der Waals surface area contributed by atoms with Gasteiger partial charge in [-0.25, -0.2) is 4.98 Å². The number of nitrogens with two attached hydrogens (primary N) is 1. The molecule has 0 radical (unpaired) electrons. The third-order valence-corrected chi connectivity index (χ3v) is 6.19. The van der Waals surface area contributed by atoms with E-state index < -0.39 is 0 Å². The minimum atomic E-state index is 0.541. The molecule has 0 atom stereocenters. The highest BCUT2D eigenvalue weighted by Gasteiger charge is 2.19. The van der Waals surface area contributed by atoms with Gasteiger partial charge in [0.15, 0.2) is 0 Å². The maximum atomic E-state index is 6.55. The molecular weight excluding hydrogens is 417 g/mol. The van der Waals surface area contributed by atoms with Gasteiger partial charge < -0.3 is 15.5 Å². The molecule has 0 aliphatic heterocycles. The number of ether oxygens (including phenoxy) is 1.